The molecule has 2 nitrogen and oxygen atoms in total. The van der Waals surface area contributed by atoms with Gasteiger partial charge in [-0.3, -0.25) is 0 Å². The van der Waals surface area contributed by atoms with Crippen molar-refractivity contribution in [2.75, 3.05) is 0 Å². The summed E-state index contributed by atoms with van der Waals surface area (Å²) in [7, 11) is 0. The second-order valence-electron chi connectivity index (χ2n) is 11.0. The van der Waals surface area contributed by atoms with Gasteiger partial charge in [-0.1, -0.05) is 65.0 Å². The molecule has 7 atom stereocenters. The Morgan fingerprint density at radius 3 is 2.50 bits per heavy atom. The van der Waals surface area contributed by atoms with Gasteiger partial charge in [0, 0.05) is 6.42 Å². The van der Waals surface area contributed by atoms with E-state index in [1.807, 2.05) is 6.92 Å². The van der Waals surface area contributed by atoms with Gasteiger partial charge in [0.1, 0.15) is 0 Å². The average molecular weight is 413 g/mol. The van der Waals surface area contributed by atoms with E-state index in [-0.39, 0.29) is 0 Å². The number of rotatable bonds is 6. The Bertz CT molecular complexity index is 725. The predicted molar refractivity (Wildman–Crippen MR) is 127 cm³/mol. The molecule has 0 aliphatic heterocycles. The first-order valence-corrected chi connectivity index (χ1v) is 12.3. The van der Waals surface area contributed by atoms with Crippen molar-refractivity contribution in [1.82, 2.24) is 0 Å². The molecular formula is C28H44O2. The van der Waals surface area contributed by atoms with E-state index in [1.54, 1.807) is 0 Å². The molecule has 2 N–H and O–H groups in total. The summed E-state index contributed by atoms with van der Waals surface area (Å²) in [5.74, 6) is 3.34. The molecule has 1 fully saturated rings. The summed E-state index contributed by atoms with van der Waals surface area (Å²) in [5.41, 5.74) is 3.99. The fraction of sp³-hybridized carbons (Fsp3) is 0.714. The van der Waals surface area contributed by atoms with Gasteiger partial charge in [-0.25, -0.2) is 0 Å². The van der Waals surface area contributed by atoms with E-state index in [1.165, 1.54) is 24.8 Å². The normalized spacial score (nSPS) is 37.2. The van der Waals surface area contributed by atoms with Gasteiger partial charge in [0.15, 0.2) is 0 Å². The molecule has 2 heteroatoms. The van der Waals surface area contributed by atoms with Gasteiger partial charge >= 0.3 is 0 Å². The van der Waals surface area contributed by atoms with E-state index >= 15 is 0 Å². The van der Waals surface area contributed by atoms with Crippen LogP contribution in [0.3, 0.4) is 0 Å². The smallest absolute Gasteiger partial charge is 0.0777 e. The lowest BCUT2D eigenvalue weighted by atomic mass is 9.62. The largest absolute Gasteiger partial charge is 0.393 e. The van der Waals surface area contributed by atoms with Crippen LogP contribution in [0.1, 0.15) is 80.1 Å². The van der Waals surface area contributed by atoms with Gasteiger partial charge in [0.25, 0.3) is 0 Å². The maximum absolute atomic E-state index is 10.2. The van der Waals surface area contributed by atoms with Crippen molar-refractivity contribution in [3.8, 4) is 0 Å². The van der Waals surface area contributed by atoms with Crippen LogP contribution in [0.25, 0.3) is 0 Å². The molecule has 30 heavy (non-hydrogen) atoms. The molecular weight excluding hydrogens is 368 g/mol. The second kappa shape index (κ2) is 9.57. The van der Waals surface area contributed by atoms with Crippen molar-refractivity contribution >= 4 is 0 Å². The van der Waals surface area contributed by atoms with Crippen LogP contribution in [0.2, 0.25) is 0 Å². The molecule has 0 saturated heterocycles. The molecule has 3 aliphatic carbocycles. The molecule has 168 valence electrons. The van der Waals surface area contributed by atoms with E-state index in [2.05, 4.69) is 65.0 Å². The number of hydrogen-bond acceptors (Lipinski definition) is 2. The third-order valence-electron chi connectivity index (χ3n) is 8.71. The monoisotopic (exact) mass is 412 g/mol. The fourth-order valence-electron chi connectivity index (χ4n) is 6.16. The molecule has 7 unspecified atom stereocenters. The highest BCUT2D eigenvalue weighted by atomic mass is 16.3. The molecule has 0 radical (unpaired) electrons. The van der Waals surface area contributed by atoms with Crippen molar-refractivity contribution in [2.45, 2.75) is 92.3 Å². The van der Waals surface area contributed by atoms with Crippen LogP contribution in [0, 0.1) is 35.0 Å². The number of hydrogen-bond donors (Lipinski definition) is 2. The minimum absolute atomic E-state index is 0.369. The van der Waals surface area contributed by atoms with Crippen LogP contribution < -0.4 is 0 Å². The molecule has 0 spiro atoms. The van der Waals surface area contributed by atoms with E-state index in [0.717, 1.165) is 23.5 Å². The highest BCUT2D eigenvalue weighted by Gasteiger charge is 2.49. The van der Waals surface area contributed by atoms with Gasteiger partial charge in [0.2, 0.25) is 0 Å². The Hall–Kier alpha value is -1.12. The fourth-order valence-corrected chi connectivity index (χ4v) is 6.16. The molecule has 0 aromatic heterocycles. The predicted octanol–water partition coefficient (Wildman–Crippen LogP) is 6.61. The second-order valence-corrected chi connectivity index (χ2v) is 11.0. The first kappa shape index (κ1) is 23.5. The van der Waals surface area contributed by atoms with Crippen LogP contribution in [0.5, 0.6) is 0 Å². The summed E-state index contributed by atoms with van der Waals surface area (Å²) in [6, 6.07) is 0. The van der Waals surface area contributed by atoms with E-state index in [0.29, 0.717) is 41.9 Å². The summed E-state index contributed by atoms with van der Waals surface area (Å²) < 4.78 is 0. The van der Waals surface area contributed by atoms with Crippen molar-refractivity contribution in [3.05, 3.63) is 47.1 Å². The molecule has 0 heterocycles. The lowest BCUT2D eigenvalue weighted by Gasteiger charge is -2.42. The lowest BCUT2D eigenvalue weighted by Crippen LogP contribution is -2.34. The Kier molecular flexibility index (Phi) is 7.51. The minimum atomic E-state index is -0.504. The Morgan fingerprint density at radius 2 is 1.80 bits per heavy atom. The van der Waals surface area contributed by atoms with Crippen LogP contribution in [-0.4, -0.2) is 22.4 Å². The van der Waals surface area contributed by atoms with Crippen LogP contribution in [0.15, 0.2) is 47.1 Å². The van der Waals surface area contributed by atoms with E-state index in [4.69, 9.17) is 0 Å². The highest BCUT2D eigenvalue weighted by molar-refractivity contribution is 5.37. The van der Waals surface area contributed by atoms with E-state index < -0.39 is 12.2 Å². The van der Waals surface area contributed by atoms with Gasteiger partial charge in [-0.15, -0.1) is 0 Å². The maximum Gasteiger partial charge on any atom is 0.0777 e. The molecule has 1 saturated carbocycles. The van der Waals surface area contributed by atoms with Gasteiger partial charge in [-0.05, 0) is 90.8 Å². The van der Waals surface area contributed by atoms with Crippen molar-refractivity contribution in [1.29, 1.82) is 0 Å². The number of aliphatic hydroxyl groups excluding tert-OH is 2. The minimum Gasteiger partial charge on any atom is -0.393 e. The standard InChI is InChI=1S/C28H44O2/c1-18(2)19(3)9-10-20(4)25-13-14-26-22(8-7-15-28(25,26)6)11-12-23-16-24(29)17-27(30)21(23)5/h8-12,18-20,24-27,29-30H,7,13-17H2,1-6H3. The first-order valence-electron chi connectivity index (χ1n) is 12.3. The SMILES string of the molecule is CC1=C(C=CC2=CCCC3(C)C2CCC3C(C)C=CC(C)C(C)C)CC(O)CC1O. The van der Waals surface area contributed by atoms with E-state index in [9.17, 15) is 10.2 Å². The molecule has 3 aliphatic rings. The number of fused-ring (bicyclic) bond motifs is 1. The average Bonchev–Trinajstić information content (AvgIpc) is 3.04. The number of aliphatic hydroxyl groups is 2. The number of allylic oxidation sites excluding steroid dienone is 6. The molecule has 0 aromatic carbocycles. The molecule has 0 aromatic rings. The molecule has 0 amide bonds. The quantitative estimate of drug-likeness (QED) is 0.482. The maximum atomic E-state index is 10.2. The summed E-state index contributed by atoms with van der Waals surface area (Å²) in [4.78, 5) is 0. The lowest BCUT2D eigenvalue weighted by molar-refractivity contribution is 0.0879. The zero-order valence-corrected chi connectivity index (χ0v) is 20.1. The summed E-state index contributed by atoms with van der Waals surface area (Å²) in [6.07, 6.45) is 17.1. The third kappa shape index (κ3) is 4.86. The van der Waals surface area contributed by atoms with Crippen molar-refractivity contribution in [3.63, 3.8) is 0 Å². The van der Waals surface area contributed by atoms with Crippen LogP contribution in [0.4, 0.5) is 0 Å². The van der Waals surface area contributed by atoms with Gasteiger partial charge in [0.05, 0.1) is 12.2 Å². The van der Waals surface area contributed by atoms with Gasteiger partial charge in [-0.2, -0.15) is 0 Å². The zero-order chi connectivity index (χ0) is 22.1. The van der Waals surface area contributed by atoms with Crippen LogP contribution in [-0.2, 0) is 0 Å². The molecule has 0 bridgehead atoms. The third-order valence-corrected chi connectivity index (χ3v) is 8.71. The zero-order valence-electron chi connectivity index (χ0n) is 20.1. The molecule has 3 rings (SSSR count). The van der Waals surface area contributed by atoms with Gasteiger partial charge < -0.3 is 10.2 Å². The Labute approximate surface area is 184 Å². The summed E-state index contributed by atoms with van der Waals surface area (Å²) >= 11 is 0. The highest BCUT2D eigenvalue weighted by Crippen LogP contribution is 2.58. The van der Waals surface area contributed by atoms with Crippen molar-refractivity contribution in [2.24, 2.45) is 35.0 Å². The summed E-state index contributed by atoms with van der Waals surface area (Å²) in [5, 5.41) is 20.3. The topological polar surface area (TPSA) is 40.5 Å². The van der Waals surface area contributed by atoms with Crippen molar-refractivity contribution < 1.29 is 10.2 Å². The first-order chi connectivity index (χ1) is 14.1. The van der Waals surface area contributed by atoms with Crippen LogP contribution >= 0.6 is 0 Å². The Balaban J connectivity index is 1.74. The summed E-state index contributed by atoms with van der Waals surface area (Å²) in [6.45, 7) is 13.9. The Morgan fingerprint density at radius 1 is 1.07 bits per heavy atom.